The van der Waals surface area contributed by atoms with Crippen molar-refractivity contribution in [1.82, 2.24) is 4.98 Å². The van der Waals surface area contributed by atoms with Gasteiger partial charge >= 0.3 is 0 Å². The van der Waals surface area contributed by atoms with Crippen LogP contribution in [0.3, 0.4) is 0 Å². The van der Waals surface area contributed by atoms with E-state index in [1.165, 1.54) is 29.9 Å². The molecule has 6 heteroatoms. The van der Waals surface area contributed by atoms with Gasteiger partial charge in [0.2, 0.25) is 5.91 Å². The minimum absolute atomic E-state index is 0.0381. The van der Waals surface area contributed by atoms with Crippen molar-refractivity contribution in [2.24, 2.45) is 0 Å². The van der Waals surface area contributed by atoms with Crippen LogP contribution in [0.2, 0.25) is 0 Å². The number of hydrogen-bond donors (Lipinski definition) is 1. The van der Waals surface area contributed by atoms with Gasteiger partial charge in [-0.05, 0) is 19.3 Å². The Hall–Kier alpha value is -0.200. The van der Waals surface area contributed by atoms with Gasteiger partial charge < -0.3 is 5.32 Å². The summed E-state index contributed by atoms with van der Waals surface area (Å²) < 4.78 is 0. The second-order valence-corrected chi connectivity index (χ2v) is 10.1. The van der Waals surface area contributed by atoms with Gasteiger partial charge in [0.25, 0.3) is 0 Å². The average Bonchev–Trinajstić information content (AvgIpc) is 3.04. The summed E-state index contributed by atoms with van der Waals surface area (Å²) in [6.07, 6.45) is 5.31. The first-order valence-corrected chi connectivity index (χ1v) is 10.8. The summed E-state index contributed by atoms with van der Waals surface area (Å²) in [6, 6.07) is 0. The predicted molar refractivity (Wildman–Crippen MR) is 96.4 cm³/mol. The molecule has 1 atom stereocenters. The van der Waals surface area contributed by atoms with Gasteiger partial charge in [-0.3, -0.25) is 4.79 Å². The minimum atomic E-state index is 0.0381. The molecule has 1 fully saturated rings. The molecular formula is C15H24N2OS3. The third kappa shape index (κ3) is 5.83. The Morgan fingerprint density at radius 1 is 1.43 bits per heavy atom. The molecule has 118 valence electrons. The van der Waals surface area contributed by atoms with Gasteiger partial charge in [0.1, 0.15) is 0 Å². The number of thiazole rings is 1. The molecule has 2 heterocycles. The number of nitrogens with one attached hydrogen (secondary N) is 1. The van der Waals surface area contributed by atoms with Crippen LogP contribution in [0, 0.1) is 0 Å². The summed E-state index contributed by atoms with van der Waals surface area (Å²) in [5.41, 5.74) is 1.08. The molecule has 3 nitrogen and oxygen atoms in total. The third-order valence-corrected chi connectivity index (χ3v) is 7.19. The van der Waals surface area contributed by atoms with Crippen LogP contribution in [0.25, 0.3) is 0 Å². The first-order chi connectivity index (χ1) is 9.95. The van der Waals surface area contributed by atoms with E-state index in [-0.39, 0.29) is 11.3 Å². The van der Waals surface area contributed by atoms with E-state index < -0.39 is 0 Å². The summed E-state index contributed by atoms with van der Waals surface area (Å²) in [4.78, 5) is 16.4. The van der Waals surface area contributed by atoms with E-state index in [2.05, 4.69) is 31.1 Å². The smallest absolute Gasteiger partial charge is 0.226 e. The SMILES string of the molecule is CC(C)(C)c1csc(NC(=O)CCCCC2CCSS2)n1. The zero-order valence-electron chi connectivity index (χ0n) is 13.0. The highest BCUT2D eigenvalue weighted by molar-refractivity contribution is 8.77. The number of amides is 1. The summed E-state index contributed by atoms with van der Waals surface area (Å²) >= 11 is 1.52. The molecule has 1 aliphatic heterocycles. The Labute approximate surface area is 139 Å². The van der Waals surface area contributed by atoms with Crippen molar-refractivity contribution in [3.05, 3.63) is 11.1 Å². The lowest BCUT2D eigenvalue weighted by Gasteiger charge is -2.14. The Kier molecular flexibility index (Phi) is 6.44. The number of unbranched alkanes of at least 4 members (excludes halogenated alkanes) is 1. The van der Waals surface area contributed by atoms with Gasteiger partial charge in [-0.15, -0.1) is 11.3 Å². The van der Waals surface area contributed by atoms with Crippen molar-refractivity contribution >= 4 is 44.0 Å². The van der Waals surface area contributed by atoms with Crippen molar-refractivity contribution in [2.75, 3.05) is 11.1 Å². The maximum atomic E-state index is 11.9. The first-order valence-electron chi connectivity index (χ1n) is 7.49. The molecule has 0 saturated carbocycles. The number of nitrogens with zero attached hydrogens (tertiary/aromatic N) is 1. The molecule has 21 heavy (non-hydrogen) atoms. The minimum Gasteiger partial charge on any atom is -0.302 e. The largest absolute Gasteiger partial charge is 0.302 e. The van der Waals surface area contributed by atoms with E-state index in [1.54, 1.807) is 0 Å². The molecular weight excluding hydrogens is 320 g/mol. The molecule has 0 spiro atoms. The van der Waals surface area contributed by atoms with Gasteiger partial charge in [0.05, 0.1) is 5.69 Å². The van der Waals surface area contributed by atoms with E-state index in [4.69, 9.17) is 0 Å². The lowest BCUT2D eigenvalue weighted by Crippen LogP contribution is -2.14. The third-order valence-electron chi connectivity index (χ3n) is 3.43. The highest BCUT2D eigenvalue weighted by atomic mass is 33.1. The van der Waals surface area contributed by atoms with Crippen molar-refractivity contribution in [3.8, 4) is 0 Å². The summed E-state index contributed by atoms with van der Waals surface area (Å²) in [7, 11) is 4.00. The van der Waals surface area contributed by atoms with Crippen LogP contribution in [0.15, 0.2) is 5.38 Å². The number of carbonyl (C=O) groups excluding carboxylic acids is 1. The average molecular weight is 345 g/mol. The molecule has 1 aliphatic rings. The van der Waals surface area contributed by atoms with Crippen LogP contribution in [-0.4, -0.2) is 21.9 Å². The molecule has 0 aliphatic carbocycles. The number of carbonyl (C=O) groups is 1. The van der Waals surface area contributed by atoms with Gasteiger partial charge in [-0.1, -0.05) is 48.8 Å². The topological polar surface area (TPSA) is 42.0 Å². The van der Waals surface area contributed by atoms with Crippen LogP contribution in [0.5, 0.6) is 0 Å². The van der Waals surface area contributed by atoms with E-state index in [9.17, 15) is 4.79 Å². The van der Waals surface area contributed by atoms with Crippen LogP contribution in [0.4, 0.5) is 5.13 Å². The zero-order chi connectivity index (χ0) is 15.3. The molecule has 1 aromatic rings. The lowest BCUT2D eigenvalue weighted by molar-refractivity contribution is -0.116. The van der Waals surface area contributed by atoms with Gasteiger partial charge in [-0.25, -0.2) is 4.98 Å². The Bertz CT molecular complexity index is 462. The number of hydrogen-bond acceptors (Lipinski definition) is 5. The fourth-order valence-electron chi connectivity index (χ4n) is 2.08. The molecule has 1 N–H and O–H groups in total. The van der Waals surface area contributed by atoms with Crippen molar-refractivity contribution in [2.45, 2.75) is 63.5 Å². The second-order valence-electron chi connectivity index (χ2n) is 6.41. The fraction of sp³-hybridized carbons (Fsp3) is 0.733. The number of rotatable bonds is 6. The first kappa shape index (κ1) is 17.2. The van der Waals surface area contributed by atoms with Gasteiger partial charge in [-0.2, -0.15) is 0 Å². The second kappa shape index (κ2) is 7.88. The van der Waals surface area contributed by atoms with Gasteiger partial charge in [0, 0.05) is 28.2 Å². The number of anilines is 1. The van der Waals surface area contributed by atoms with E-state index in [0.717, 1.165) is 28.9 Å². The summed E-state index contributed by atoms with van der Waals surface area (Å²) in [6.45, 7) is 6.40. The zero-order valence-corrected chi connectivity index (χ0v) is 15.4. The molecule has 0 bridgehead atoms. The molecule has 2 rings (SSSR count). The van der Waals surface area contributed by atoms with Gasteiger partial charge in [0.15, 0.2) is 5.13 Å². The van der Waals surface area contributed by atoms with Crippen LogP contribution < -0.4 is 5.32 Å². The summed E-state index contributed by atoms with van der Waals surface area (Å²) in [5, 5.41) is 6.50. The van der Waals surface area contributed by atoms with Crippen molar-refractivity contribution < 1.29 is 4.79 Å². The van der Waals surface area contributed by atoms with E-state index in [0.29, 0.717) is 6.42 Å². The quantitative estimate of drug-likeness (QED) is 0.576. The van der Waals surface area contributed by atoms with Crippen molar-refractivity contribution in [1.29, 1.82) is 0 Å². The highest BCUT2D eigenvalue weighted by Crippen LogP contribution is 2.39. The Balaban J connectivity index is 1.66. The maximum absolute atomic E-state index is 11.9. The Morgan fingerprint density at radius 2 is 2.24 bits per heavy atom. The molecule has 1 aromatic heterocycles. The standard InChI is InChI=1S/C15H24N2OS3/c1-15(2,3)12-10-19-14(16-12)17-13(18)7-5-4-6-11-8-9-20-21-11/h10-11H,4-9H2,1-3H3,(H,16,17,18). The number of aromatic nitrogens is 1. The lowest BCUT2D eigenvalue weighted by atomic mass is 9.93. The van der Waals surface area contributed by atoms with Crippen molar-refractivity contribution in [3.63, 3.8) is 0 Å². The molecule has 1 unspecified atom stereocenters. The molecule has 1 saturated heterocycles. The molecule has 0 radical (unpaired) electrons. The predicted octanol–water partition coefficient (Wildman–Crippen LogP) is 5.09. The normalized spacial score (nSPS) is 18.9. The molecule has 0 aromatic carbocycles. The highest BCUT2D eigenvalue weighted by Gasteiger charge is 2.18. The van der Waals surface area contributed by atoms with Crippen LogP contribution in [-0.2, 0) is 10.2 Å². The monoisotopic (exact) mass is 344 g/mol. The fourth-order valence-corrected chi connectivity index (χ4v) is 6.06. The Morgan fingerprint density at radius 3 is 2.86 bits per heavy atom. The van der Waals surface area contributed by atoms with Crippen LogP contribution in [0.1, 0.15) is 58.6 Å². The summed E-state index contributed by atoms with van der Waals surface area (Å²) in [5.74, 6) is 1.38. The molecule has 1 amide bonds. The van der Waals surface area contributed by atoms with Crippen LogP contribution >= 0.6 is 32.9 Å². The maximum Gasteiger partial charge on any atom is 0.226 e. The van der Waals surface area contributed by atoms with E-state index in [1.807, 2.05) is 27.0 Å². The van der Waals surface area contributed by atoms with E-state index >= 15 is 0 Å².